The molecule has 0 aliphatic heterocycles. The van der Waals surface area contributed by atoms with Gasteiger partial charge < -0.3 is 57.3 Å². The monoisotopic (exact) mass is 1240 g/mol. The van der Waals surface area contributed by atoms with Crippen molar-refractivity contribution in [3.8, 4) is 0 Å². The van der Waals surface area contributed by atoms with Gasteiger partial charge in [-0.15, -0.1) is 0 Å². The lowest BCUT2D eigenvalue weighted by atomic mass is 10.1. The fraction of sp³-hybridized carbons (Fsp3) is 0.149. The van der Waals surface area contributed by atoms with Gasteiger partial charge in [0.25, 0.3) is 17.0 Å². The number of aryl methyl sites for hydroxylation is 4. The zero-order valence-electron chi connectivity index (χ0n) is 52.3. The van der Waals surface area contributed by atoms with Gasteiger partial charge in [0.05, 0.1) is 30.9 Å². The highest BCUT2D eigenvalue weighted by atomic mass is 16.5. The average Bonchev–Trinajstić information content (AvgIpc) is 1.64. The number of ether oxygens (including phenoxy) is 2. The lowest BCUT2D eigenvalue weighted by Crippen LogP contribution is -2.27. The van der Waals surface area contributed by atoms with E-state index in [0.717, 1.165) is 74.8 Å². The lowest BCUT2D eigenvalue weighted by molar-refractivity contribution is 0.0592. The number of rotatable bonds is 17. The van der Waals surface area contributed by atoms with Crippen molar-refractivity contribution in [2.45, 2.75) is 60.4 Å². The number of methoxy groups -OCH3 is 2. The highest BCUT2D eigenvalue weighted by molar-refractivity contribution is 5.94. The summed E-state index contributed by atoms with van der Waals surface area (Å²) in [7, 11) is 2.70. The number of aromatic nitrogens is 2. The standard InChI is InChI=1S/C22H23N3O2.C15H15NO2.C14H13NO2.C9H8O3.C8H12N2O.C6H7N/c1-15-12-16(2)25-22(27)20(15)14-24-21(26)18-10-8-17(9-11-18)13-23-19-6-4-3-5-7-19;1-18-15(17)13-9-7-12(8-10-13)11-16-14-5-3-2-4-6-14;16-14(17)12-8-6-11(7-9-12)10-15-13-4-2-1-3-5-13;1-12-9(11)8-4-2-7(6-10)3-5-8;1-5-3-6(2)10-8(11)7(5)4-9;7-6-4-2-1-3-5-6/h3-12,23H,13-14H2,1-2H3,(H,24,26)(H,25,27);2-10,16H,11H2,1H3;1-9,15H,10H2,(H,16,17);2-6H,1H3;3H,4,9H2,1-2H3,(H,10,11);1-5H,7H2. The molecule has 0 unspecified atom stereocenters. The number of esters is 2. The van der Waals surface area contributed by atoms with Crippen molar-refractivity contribution in [3.05, 3.63) is 329 Å². The van der Waals surface area contributed by atoms with E-state index < -0.39 is 11.9 Å². The van der Waals surface area contributed by atoms with Gasteiger partial charge in [-0.05, 0) is 165 Å². The average molecular weight is 1240 g/mol. The minimum atomic E-state index is -0.896. The zero-order chi connectivity index (χ0) is 66.6. The number of carboxylic acid groups (broad SMARTS) is 1. The van der Waals surface area contributed by atoms with E-state index in [9.17, 15) is 33.6 Å². The number of nitrogens with two attached hydrogens (primary N) is 2. The van der Waals surface area contributed by atoms with Crippen LogP contribution in [0.5, 0.6) is 0 Å². The number of benzene rings is 8. The van der Waals surface area contributed by atoms with Crippen molar-refractivity contribution in [2.75, 3.05) is 35.9 Å². The Balaban J connectivity index is 0.000000210. The van der Waals surface area contributed by atoms with Gasteiger partial charge in [-0.2, -0.15) is 0 Å². The van der Waals surface area contributed by atoms with Gasteiger partial charge in [-0.3, -0.25) is 19.2 Å². The number of carbonyl (C=O) groups excluding carboxylic acids is 4. The summed E-state index contributed by atoms with van der Waals surface area (Å²) in [4.78, 5) is 84.1. The Morgan fingerprint density at radius 1 is 0.457 bits per heavy atom. The summed E-state index contributed by atoms with van der Waals surface area (Å²) in [6.07, 6.45) is 0.723. The Labute approximate surface area is 535 Å². The maximum Gasteiger partial charge on any atom is 0.337 e. The highest BCUT2D eigenvalue weighted by Gasteiger charge is 2.11. The van der Waals surface area contributed by atoms with Crippen LogP contribution < -0.4 is 43.9 Å². The van der Waals surface area contributed by atoms with Crippen molar-refractivity contribution < 1.29 is 38.6 Å². The van der Waals surface area contributed by atoms with E-state index in [1.165, 1.54) is 14.2 Å². The van der Waals surface area contributed by atoms with E-state index in [2.05, 4.69) is 40.7 Å². The molecule has 0 fully saturated rings. The summed E-state index contributed by atoms with van der Waals surface area (Å²) < 4.78 is 9.13. The Morgan fingerprint density at radius 3 is 1.11 bits per heavy atom. The van der Waals surface area contributed by atoms with Crippen molar-refractivity contribution in [2.24, 2.45) is 5.73 Å². The number of carbonyl (C=O) groups is 5. The number of para-hydroxylation sites is 4. The molecule has 2 heterocycles. The zero-order valence-corrected chi connectivity index (χ0v) is 52.3. The van der Waals surface area contributed by atoms with Crippen LogP contribution in [0.15, 0.2) is 240 Å². The molecule has 0 saturated heterocycles. The van der Waals surface area contributed by atoms with Gasteiger partial charge in [-0.25, -0.2) is 14.4 Å². The third-order valence-corrected chi connectivity index (χ3v) is 13.5. The number of hydrogen-bond donors (Lipinski definition) is 9. The van der Waals surface area contributed by atoms with Gasteiger partial charge >= 0.3 is 17.9 Å². The van der Waals surface area contributed by atoms with Crippen LogP contribution in [-0.4, -0.2) is 59.4 Å². The van der Waals surface area contributed by atoms with Crippen LogP contribution in [0.1, 0.15) is 102 Å². The fourth-order valence-electron chi connectivity index (χ4n) is 8.47. The summed E-state index contributed by atoms with van der Waals surface area (Å²) in [6, 6.07) is 71.1. The predicted molar refractivity (Wildman–Crippen MR) is 365 cm³/mol. The second-order valence-electron chi connectivity index (χ2n) is 20.5. The number of aldehydes is 1. The van der Waals surface area contributed by atoms with E-state index in [4.69, 9.17) is 16.6 Å². The number of H-pyrrole nitrogens is 2. The number of nitrogens with one attached hydrogen (secondary N) is 6. The van der Waals surface area contributed by atoms with Crippen LogP contribution in [0, 0.1) is 27.7 Å². The predicted octanol–water partition coefficient (Wildman–Crippen LogP) is 12.6. The number of amides is 1. The molecule has 0 bridgehead atoms. The first-order valence-corrected chi connectivity index (χ1v) is 29.2. The van der Waals surface area contributed by atoms with Gasteiger partial charge in [0, 0.05) is 89.1 Å². The molecule has 474 valence electrons. The van der Waals surface area contributed by atoms with Gasteiger partial charge in [0.15, 0.2) is 0 Å². The van der Waals surface area contributed by atoms with E-state index in [1.54, 1.807) is 60.7 Å². The third-order valence-electron chi connectivity index (χ3n) is 13.5. The molecular formula is C74H78N8O10. The minimum Gasteiger partial charge on any atom is -0.478 e. The second kappa shape index (κ2) is 38.6. The first kappa shape index (κ1) is 71.1. The molecule has 1 amide bonds. The van der Waals surface area contributed by atoms with Crippen LogP contribution in [-0.2, 0) is 42.2 Å². The first-order valence-electron chi connectivity index (χ1n) is 29.2. The largest absolute Gasteiger partial charge is 0.478 e. The van der Waals surface area contributed by atoms with E-state index in [-0.39, 0.29) is 29.5 Å². The molecule has 0 aliphatic rings. The summed E-state index contributed by atoms with van der Waals surface area (Å²) in [5, 5.41) is 21.5. The number of aromatic carboxylic acids is 1. The molecule has 10 rings (SSSR count). The highest BCUT2D eigenvalue weighted by Crippen LogP contribution is 2.14. The minimum absolute atomic E-state index is 0.0648. The van der Waals surface area contributed by atoms with E-state index >= 15 is 0 Å². The number of anilines is 4. The van der Waals surface area contributed by atoms with Gasteiger partial charge in [0.1, 0.15) is 6.29 Å². The summed E-state index contributed by atoms with van der Waals surface area (Å²) >= 11 is 0. The van der Waals surface area contributed by atoms with Crippen molar-refractivity contribution in [1.29, 1.82) is 0 Å². The van der Waals surface area contributed by atoms with E-state index in [0.29, 0.717) is 58.6 Å². The SMILES string of the molecule is COC(=O)c1ccc(C=O)cc1.COC(=O)c1ccc(CNc2ccccc2)cc1.Cc1cc(C)c(CN)c(=O)[nH]1.Cc1cc(C)c(CNC(=O)c2ccc(CNc3ccccc3)cc2)c(=O)[nH]1.Nc1ccccc1.O=C(O)c1ccc(CNc2ccccc2)cc1. The van der Waals surface area contributed by atoms with E-state index in [1.807, 2.05) is 198 Å². The van der Waals surface area contributed by atoms with Gasteiger partial charge in [-0.1, -0.05) is 121 Å². The van der Waals surface area contributed by atoms with Crippen LogP contribution in [0.2, 0.25) is 0 Å². The maximum absolute atomic E-state index is 12.4. The topological polar surface area (TPSA) is 290 Å². The molecule has 0 atom stereocenters. The molecule has 0 aliphatic carbocycles. The normalized spacial score (nSPS) is 9.86. The third kappa shape index (κ3) is 25.2. The van der Waals surface area contributed by atoms with Gasteiger partial charge in [0.2, 0.25) is 0 Å². The van der Waals surface area contributed by atoms with Crippen molar-refractivity contribution in [3.63, 3.8) is 0 Å². The summed E-state index contributed by atoms with van der Waals surface area (Å²) in [5.41, 5.74) is 25.0. The molecule has 10 aromatic rings. The molecule has 92 heavy (non-hydrogen) atoms. The fourth-order valence-corrected chi connectivity index (χ4v) is 8.47. The number of pyridine rings is 2. The molecule has 8 aromatic carbocycles. The van der Waals surface area contributed by atoms with Crippen LogP contribution >= 0.6 is 0 Å². The smallest absolute Gasteiger partial charge is 0.337 e. The molecule has 11 N–H and O–H groups in total. The molecular weight excluding hydrogens is 1160 g/mol. The lowest BCUT2D eigenvalue weighted by Gasteiger charge is -2.09. The Hall–Kier alpha value is -11.6. The molecule has 0 saturated carbocycles. The molecule has 18 heteroatoms. The number of carboxylic acids is 1. The quantitative estimate of drug-likeness (QED) is 0.0233. The molecule has 0 radical (unpaired) electrons. The Kier molecular flexibility index (Phi) is 29.8. The van der Waals surface area contributed by atoms with Crippen LogP contribution in [0.4, 0.5) is 22.7 Å². The summed E-state index contributed by atoms with van der Waals surface area (Å²) in [5.74, 6) is -1.80. The summed E-state index contributed by atoms with van der Waals surface area (Å²) in [6.45, 7) is 10.1. The Bertz CT molecular complexity index is 4000. The number of aromatic amines is 2. The van der Waals surface area contributed by atoms with Crippen LogP contribution in [0.25, 0.3) is 0 Å². The first-order chi connectivity index (χ1) is 44.4. The molecule has 0 spiro atoms. The molecule has 18 nitrogen and oxygen atoms in total. The Morgan fingerprint density at radius 2 is 0.793 bits per heavy atom. The second-order valence-corrected chi connectivity index (χ2v) is 20.5. The molecule has 2 aromatic heterocycles. The number of nitrogen functional groups attached to an aromatic ring is 1. The van der Waals surface area contributed by atoms with Crippen molar-refractivity contribution in [1.82, 2.24) is 15.3 Å². The number of hydrogen-bond acceptors (Lipinski definition) is 14. The van der Waals surface area contributed by atoms with Crippen molar-refractivity contribution >= 4 is 52.9 Å². The van der Waals surface area contributed by atoms with Crippen LogP contribution in [0.3, 0.4) is 0 Å². The maximum atomic E-state index is 12.4.